The Bertz CT molecular complexity index is 496. The molecule has 22 heavy (non-hydrogen) atoms. The van der Waals surface area contributed by atoms with Gasteiger partial charge in [-0.05, 0) is 19.8 Å². The van der Waals surface area contributed by atoms with Crippen LogP contribution in [0.15, 0.2) is 12.4 Å². The average molecular weight is 302 g/mol. The highest BCUT2D eigenvalue weighted by atomic mass is 16.1. The number of carbonyl (C=O) groups excluding carboxylic acids is 1. The molecule has 120 valence electrons. The normalized spacial score (nSPS) is 24.8. The SMILES string of the molecule is CC1CNC(=O)CCN1Cc1cnc(C2CCCCC2)nc1. The van der Waals surface area contributed by atoms with E-state index < -0.39 is 0 Å². The van der Waals surface area contributed by atoms with E-state index in [1.54, 1.807) is 0 Å². The first-order valence-electron chi connectivity index (χ1n) is 8.54. The molecule has 2 aliphatic rings. The summed E-state index contributed by atoms with van der Waals surface area (Å²) in [4.78, 5) is 23.0. The van der Waals surface area contributed by atoms with Crippen molar-refractivity contribution in [2.24, 2.45) is 0 Å². The molecule has 1 aliphatic heterocycles. The second-order valence-corrected chi connectivity index (χ2v) is 6.66. The molecule has 1 saturated heterocycles. The Labute approximate surface area is 132 Å². The Hall–Kier alpha value is -1.49. The molecule has 2 fully saturated rings. The fraction of sp³-hybridized carbons (Fsp3) is 0.706. The minimum atomic E-state index is 0.151. The topological polar surface area (TPSA) is 58.1 Å². The molecule has 1 unspecified atom stereocenters. The van der Waals surface area contributed by atoms with Crippen LogP contribution in [0.25, 0.3) is 0 Å². The molecule has 1 atom stereocenters. The number of hydrogen-bond acceptors (Lipinski definition) is 4. The van der Waals surface area contributed by atoms with E-state index in [-0.39, 0.29) is 5.91 Å². The molecule has 0 radical (unpaired) electrons. The number of amides is 1. The fourth-order valence-corrected chi connectivity index (χ4v) is 3.43. The molecule has 5 heteroatoms. The number of carbonyl (C=O) groups is 1. The van der Waals surface area contributed by atoms with Crippen molar-refractivity contribution in [2.45, 2.75) is 64.0 Å². The summed E-state index contributed by atoms with van der Waals surface area (Å²) in [6, 6.07) is 0.351. The molecule has 1 aromatic rings. The Morgan fingerprint density at radius 3 is 2.68 bits per heavy atom. The van der Waals surface area contributed by atoms with Gasteiger partial charge in [0, 0.05) is 56.0 Å². The molecule has 1 saturated carbocycles. The van der Waals surface area contributed by atoms with Crippen molar-refractivity contribution in [1.82, 2.24) is 20.2 Å². The molecule has 1 aromatic heterocycles. The molecule has 5 nitrogen and oxygen atoms in total. The molecule has 0 spiro atoms. The van der Waals surface area contributed by atoms with Gasteiger partial charge in [0.15, 0.2) is 0 Å². The third-order valence-electron chi connectivity index (χ3n) is 4.93. The maximum atomic E-state index is 11.5. The van der Waals surface area contributed by atoms with Gasteiger partial charge in [-0.15, -0.1) is 0 Å². The molecule has 3 rings (SSSR count). The molecule has 1 amide bonds. The van der Waals surface area contributed by atoms with Crippen LogP contribution < -0.4 is 5.32 Å². The third kappa shape index (κ3) is 3.83. The number of nitrogens with one attached hydrogen (secondary N) is 1. The standard InChI is InChI=1S/C17H26N4O/c1-13-9-18-16(22)7-8-21(13)12-14-10-19-17(20-11-14)15-5-3-2-4-6-15/h10-11,13,15H,2-9,12H2,1H3,(H,18,22). The predicted molar refractivity (Wildman–Crippen MR) is 85.4 cm³/mol. The number of rotatable bonds is 3. The summed E-state index contributed by atoms with van der Waals surface area (Å²) in [5, 5.41) is 2.95. The van der Waals surface area contributed by atoms with Gasteiger partial charge in [-0.25, -0.2) is 9.97 Å². The molecule has 1 N–H and O–H groups in total. The first-order chi connectivity index (χ1) is 10.7. The van der Waals surface area contributed by atoms with E-state index in [0.29, 0.717) is 18.4 Å². The first kappa shape index (κ1) is 15.4. The lowest BCUT2D eigenvalue weighted by Crippen LogP contribution is -2.37. The van der Waals surface area contributed by atoms with Crippen LogP contribution in [0.5, 0.6) is 0 Å². The first-order valence-corrected chi connectivity index (χ1v) is 8.54. The van der Waals surface area contributed by atoms with Crippen LogP contribution in [0, 0.1) is 0 Å². The summed E-state index contributed by atoms with van der Waals surface area (Å²) < 4.78 is 0. The summed E-state index contributed by atoms with van der Waals surface area (Å²) in [7, 11) is 0. The quantitative estimate of drug-likeness (QED) is 0.930. The summed E-state index contributed by atoms with van der Waals surface area (Å²) in [5.41, 5.74) is 1.14. The maximum Gasteiger partial charge on any atom is 0.221 e. The minimum Gasteiger partial charge on any atom is -0.355 e. The lowest BCUT2D eigenvalue weighted by atomic mass is 9.89. The van der Waals surface area contributed by atoms with Gasteiger partial charge in [0.25, 0.3) is 0 Å². The monoisotopic (exact) mass is 302 g/mol. The van der Waals surface area contributed by atoms with Crippen molar-refractivity contribution < 1.29 is 4.79 Å². The number of hydrogen-bond donors (Lipinski definition) is 1. The van der Waals surface area contributed by atoms with E-state index in [4.69, 9.17) is 0 Å². The second kappa shape index (κ2) is 7.18. The van der Waals surface area contributed by atoms with Gasteiger partial charge in [-0.1, -0.05) is 19.3 Å². The van der Waals surface area contributed by atoms with E-state index in [1.165, 1.54) is 32.1 Å². The summed E-state index contributed by atoms with van der Waals surface area (Å²) in [6.45, 7) is 4.50. The number of nitrogens with zero attached hydrogens (tertiary/aromatic N) is 3. The zero-order valence-corrected chi connectivity index (χ0v) is 13.4. The fourth-order valence-electron chi connectivity index (χ4n) is 3.43. The number of aromatic nitrogens is 2. The van der Waals surface area contributed by atoms with E-state index in [1.807, 2.05) is 12.4 Å². The van der Waals surface area contributed by atoms with Gasteiger partial charge in [0.05, 0.1) is 0 Å². The highest BCUT2D eigenvalue weighted by Crippen LogP contribution is 2.30. The van der Waals surface area contributed by atoms with Crippen molar-refractivity contribution in [3.05, 3.63) is 23.8 Å². The van der Waals surface area contributed by atoms with Crippen molar-refractivity contribution in [1.29, 1.82) is 0 Å². The predicted octanol–water partition coefficient (Wildman–Crippen LogP) is 2.23. The van der Waals surface area contributed by atoms with E-state index >= 15 is 0 Å². The van der Waals surface area contributed by atoms with Gasteiger partial charge < -0.3 is 5.32 Å². The van der Waals surface area contributed by atoms with Gasteiger partial charge >= 0.3 is 0 Å². The lowest BCUT2D eigenvalue weighted by Gasteiger charge is -2.26. The van der Waals surface area contributed by atoms with E-state index in [9.17, 15) is 4.79 Å². The van der Waals surface area contributed by atoms with Crippen LogP contribution in [-0.4, -0.2) is 39.9 Å². The lowest BCUT2D eigenvalue weighted by molar-refractivity contribution is -0.120. The van der Waals surface area contributed by atoms with E-state index in [2.05, 4.69) is 27.1 Å². The van der Waals surface area contributed by atoms with Gasteiger partial charge in [-0.2, -0.15) is 0 Å². The molecule has 0 aromatic carbocycles. The highest BCUT2D eigenvalue weighted by molar-refractivity contribution is 5.76. The van der Waals surface area contributed by atoms with Crippen LogP contribution in [0.4, 0.5) is 0 Å². The highest BCUT2D eigenvalue weighted by Gasteiger charge is 2.21. The Kier molecular flexibility index (Phi) is 5.03. The molecule has 2 heterocycles. The smallest absolute Gasteiger partial charge is 0.221 e. The molecule has 1 aliphatic carbocycles. The summed E-state index contributed by atoms with van der Waals surface area (Å²) >= 11 is 0. The Balaban J connectivity index is 1.61. The summed E-state index contributed by atoms with van der Waals surface area (Å²) in [6.07, 6.45) is 11.0. The Morgan fingerprint density at radius 1 is 1.23 bits per heavy atom. The van der Waals surface area contributed by atoms with Gasteiger partial charge in [-0.3, -0.25) is 9.69 Å². The maximum absolute atomic E-state index is 11.5. The molecule has 0 bridgehead atoms. The largest absolute Gasteiger partial charge is 0.355 e. The summed E-state index contributed by atoms with van der Waals surface area (Å²) in [5.74, 6) is 1.73. The van der Waals surface area contributed by atoms with Crippen molar-refractivity contribution >= 4 is 5.91 Å². The van der Waals surface area contributed by atoms with Crippen molar-refractivity contribution in [2.75, 3.05) is 13.1 Å². The zero-order chi connectivity index (χ0) is 15.4. The van der Waals surface area contributed by atoms with Gasteiger partial charge in [0.2, 0.25) is 5.91 Å². The van der Waals surface area contributed by atoms with Crippen molar-refractivity contribution in [3.8, 4) is 0 Å². The van der Waals surface area contributed by atoms with Crippen molar-refractivity contribution in [3.63, 3.8) is 0 Å². The van der Waals surface area contributed by atoms with Crippen LogP contribution >= 0.6 is 0 Å². The van der Waals surface area contributed by atoms with Crippen LogP contribution in [-0.2, 0) is 11.3 Å². The van der Waals surface area contributed by atoms with E-state index in [0.717, 1.165) is 31.0 Å². The third-order valence-corrected chi connectivity index (χ3v) is 4.93. The van der Waals surface area contributed by atoms with Crippen LogP contribution in [0.1, 0.15) is 62.8 Å². The van der Waals surface area contributed by atoms with Crippen LogP contribution in [0.2, 0.25) is 0 Å². The second-order valence-electron chi connectivity index (χ2n) is 6.66. The molecular formula is C17H26N4O. The Morgan fingerprint density at radius 2 is 1.95 bits per heavy atom. The minimum absolute atomic E-state index is 0.151. The molecular weight excluding hydrogens is 276 g/mol. The van der Waals surface area contributed by atoms with Gasteiger partial charge in [0.1, 0.15) is 5.82 Å². The zero-order valence-electron chi connectivity index (χ0n) is 13.4. The average Bonchev–Trinajstić information content (AvgIpc) is 2.72. The van der Waals surface area contributed by atoms with Crippen LogP contribution in [0.3, 0.4) is 0 Å².